The van der Waals surface area contributed by atoms with Gasteiger partial charge >= 0.3 is 0 Å². The standard InChI is InChI=1S/C21H17ClN6O/c22-13-1-3-14(4-2-13)27-21(29)16-6-11(5-12-8-26-28-20(12)16)17-9-24-18-10-25-19(23)7-15(17)18/h1-8,10,17,24H,9H2,(H2,23,25)(H,26,28)(H,27,29). The Morgan fingerprint density at radius 3 is 2.83 bits per heavy atom. The molecule has 1 aliphatic rings. The van der Waals surface area contributed by atoms with E-state index in [0.29, 0.717) is 34.2 Å². The van der Waals surface area contributed by atoms with Gasteiger partial charge in [0.2, 0.25) is 0 Å². The van der Waals surface area contributed by atoms with Crippen molar-refractivity contribution in [2.45, 2.75) is 5.92 Å². The molecule has 2 aromatic carbocycles. The van der Waals surface area contributed by atoms with Crippen LogP contribution in [0.3, 0.4) is 0 Å². The minimum atomic E-state index is -0.219. The van der Waals surface area contributed by atoms with E-state index in [-0.39, 0.29) is 11.8 Å². The molecule has 0 aliphatic carbocycles. The number of anilines is 3. The van der Waals surface area contributed by atoms with E-state index >= 15 is 0 Å². The van der Waals surface area contributed by atoms with Crippen LogP contribution >= 0.6 is 11.6 Å². The summed E-state index contributed by atoms with van der Waals surface area (Å²) in [5, 5.41) is 14.8. The lowest BCUT2D eigenvalue weighted by atomic mass is 9.91. The van der Waals surface area contributed by atoms with Crippen LogP contribution in [0.15, 0.2) is 54.9 Å². The summed E-state index contributed by atoms with van der Waals surface area (Å²) < 4.78 is 0. The number of carbonyl (C=O) groups is 1. The van der Waals surface area contributed by atoms with Gasteiger partial charge in [0.25, 0.3) is 5.91 Å². The molecule has 1 amide bonds. The highest BCUT2D eigenvalue weighted by Gasteiger charge is 2.26. The van der Waals surface area contributed by atoms with Crippen LogP contribution in [0.5, 0.6) is 0 Å². The average Bonchev–Trinajstić information content (AvgIpc) is 3.35. The van der Waals surface area contributed by atoms with Gasteiger partial charge in [-0.3, -0.25) is 9.89 Å². The predicted octanol–water partition coefficient (Wildman–Crippen LogP) is 4.00. The van der Waals surface area contributed by atoms with Gasteiger partial charge in [-0.15, -0.1) is 0 Å². The number of nitrogens with one attached hydrogen (secondary N) is 3. The maximum absolute atomic E-state index is 13.0. The Hall–Kier alpha value is -3.58. The fraction of sp³-hybridized carbons (Fsp3) is 0.0952. The number of aromatic amines is 1. The van der Waals surface area contributed by atoms with Crippen LogP contribution in [0.2, 0.25) is 5.02 Å². The number of pyridine rings is 1. The van der Waals surface area contributed by atoms with Crippen molar-refractivity contribution in [2.24, 2.45) is 0 Å². The van der Waals surface area contributed by atoms with Crippen molar-refractivity contribution in [1.82, 2.24) is 15.2 Å². The smallest absolute Gasteiger partial charge is 0.257 e. The molecule has 7 nitrogen and oxygen atoms in total. The van der Waals surface area contributed by atoms with Gasteiger partial charge in [0.05, 0.1) is 29.2 Å². The van der Waals surface area contributed by atoms with E-state index in [0.717, 1.165) is 22.2 Å². The molecule has 144 valence electrons. The van der Waals surface area contributed by atoms with Crippen molar-refractivity contribution in [2.75, 3.05) is 22.9 Å². The second-order valence-corrected chi connectivity index (χ2v) is 7.43. The molecule has 0 fully saturated rings. The molecular weight excluding hydrogens is 388 g/mol. The van der Waals surface area contributed by atoms with E-state index in [1.54, 1.807) is 36.7 Å². The summed E-state index contributed by atoms with van der Waals surface area (Å²) in [4.78, 5) is 17.2. The summed E-state index contributed by atoms with van der Waals surface area (Å²) in [6.07, 6.45) is 3.47. The van der Waals surface area contributed by atoms with Crippen molar-refractivity contribution in [3.8, 4) is 0 Å². The van der Waals surface area contributed by atoms with Crippen molar-refractivity contribution in [3.05, 3.63) is 76.6 Å². The molecule has 0 spiro atoms. The van der Waals surface area contributed by atoms with Gasteiger partial charge < -0.3 is 16.4 Å². The van der Waals surface area contributed by atoms with Gasteiger partial charge in [0.15, 0.2) is 0 Å². The Bertz CT molecular complexity index is 1230. The van der Waals surface area contributed by atoms with Gasteiger partial charge in [0.1, 0.15) is 5.82 Å². The van der Waals surface area contributed by atoms with Crippen molar-refractivity contribution in [3.63, 3.8) is 0 Å². The molecule has 8 heteroatoms. The fourth-order valence-corrected chi connectivity index (χ4v) is 3.86. The zero-order chi connectivity index (χ0) is 20.0. The van der Waals surface area contributed by atoms with Crippen molar-refractivity contribution >= 4 is 45.6 Å². The second kappa shape index (κ2) is 6.79. The molecule has 5 rings (SSSR count). The van der Waals surface area contributed by atoms with Gasteiger partial charge in [0, 0.05) is 28.6 Å². The number of nitrogens with zero attached hydrogens (tertiary/aromatic N) is 2. The average molecular weight is 405 g/mol. The highest BCUT2D eigenvalue weighted by molar-refractivity contribution is 6.30. The first-order valence-electron chi connectivity index (χ1n) is 9.12. The Kier molecular flexibility index (Phi) is 4.10. The molecule has 1 aliphatic heterocycles. The normalized spacial score (nSPS) is 15.1. The molecule has 29 heavy (non-hydrogen) atoms. The molecule has 0 radical (unpaired) electrons. The molecule has 1 unspecified atom stereocenters. The third kappa shape index (κ3) is 3.15. The number of hydrogen-bond acceptors (Lipinski definition) is 5. The lowest BCUT2D eigenvalue weighted by Crippen LogP contribution is -2.14. The van der Waals surface area contributed by atoms with E-state index in [2.05, 4.69) is 31.9 Å². The Morgan fingerprint density at radius 2 is 2.00 bits per heavy atom. The summed E-state index contributed by atoms with van der Waals surface area (Å²) in [6, 6.07) is 12.8. The van der Waals surface area contributed by atoms with E-state index < -0.39 is 0 Å². The number of nitrogens with two attached hydrogens (primary N) is 1. The highest BCUT2D eigenvalue weighted by Crippen LogP contribution is 2.38. The molecule has 5 N–H and O–H groups in total. The number of nitrogen functional groups attached to an aromatic ring is 1. The predicted molar refractivity (Wildman–Crippen MR) is 114 cm³/mol. The maximum atomic E-state index is 13.0. The minimum Gasteiger partial charge on any atom is -0.384 e. The Balaban J connectivity index is 1.55. The number of carbonyl (C=O) groups excluding carboxylic acids is 1. The van der Waals surface area contributed by atoms with Crippen LogP contribution in [-0.4, -0.2) is 27.6 Å². The molecular formula is C21H17ClN6O. The lowest BCUT2D eigenvalue weighted by molar-refractivity contribution is 0.102. The highest BCUT2D eigenvalue weighted by atomic mass is 35.5. The fourth-order valence-electron chi connectivity index (χ4n) is 3.74. The monoisotopic (exact) mass is 404 g/mol. The number of H-pyrrole nitrogens is 1. The third-order valence-electron chi connectivity index (χ3n) is 5.15. The summed E-state index contributed by atoms with van der Waals surface area (Å²) in [7, 11) is 0. The summed E-state index contributed by atoms with van der Waals surface area (Å²) in [5.74, 6) is 0.322. The topological polar surface area (TPSA) is 109 Å². The number of aromatic nitrogens is 3. The number of rotatable bonds is 3. The molecule has 0 saturated carbocycles. The Labute approximate surface area is 171 Å². The number of fused-ring (bicyclic) bond motifs is 2. The van der Waals surface area contributed by atoms with Gasteiger partial charge in [-0.1, -0.05) is 11.6 Å². The van der Waals surface area contributed by atoms with Crippen molar-refractivity contribution < 1.29 is 4.79 Å². The Morgan fingerprint density at radius 1 is 1.17 bits per heavy atom. The second-order valence-electron chi connectivity index (χ2n) is 6.99. The van der Waals surface area contributed by atoms with Crippen LogP contribution in [0.4, 0.5) is 17.2 Å². The van der Waals surface area contributed by atoms with Gasteiger partial charge in [-0.2, -0.15) is 5.10 Å². The molecule has 1 atom stereocenters. The number of halogens is 1. The van der Waals surface area contributed by atoms with Crippen LogP contribution in [-0.2, 0) is 0 Å². The van der Waals surface area contributed by atoms with E-state index in [1.165, 1.54) is 0 Å². The van der Waals surface area contributed by atoms with Crippen LogP contribution < -0.4 is 16.4 Å². The van der Waals surface area contributed by atoms with E-state index in [1.807, 2.05) is 12.1 Å². The number of hydrogen-bond donors (Lipinski definition) is 4. The summed E-state index contributed by atoms with van der Waals surface area (Å²) in [5.41, 5.74) is 10.8. The van der Waals surface area contributed by atoms with Crippen LogP contribution in [0, 0.1) is 0 Å². The lowest BCUT2D eigenvalue weighted by Gasteiger charge is -2.14. The number of amides is 1. The minimum absolute atomic E-state index is 0.0664. The van der Waals surface area contributed by atoms with Crippen LogP contribution in [0.1, 0.15) is 27.4 Å². The molecule has 4 aromatic rings. The van der Waals surface area contributed by atoms with Gasteiger partial charge in [-0.05, 0) is 53.6 Å². The zero-order valence-electron chi connectivity index (χ0n) is 15.2. The van der Waals surface area contributed by atoms with Crippen LogP contribution in [0.25, 0.3) is 10.9 Å². The third-order valence-corrected chi connectivity index (χ3v) is 5.40. The molecule has 3 heterocycles. The van der Waals surface area contributed by atoms with E-state index in [4.69, 9.17) is 17.3 Å². The zero-order valence-corrected chi connectivity index (χ0v) is 16.0. The summed E-state index contributed by atoms with van der Waals surface area (Å²) in [6.45, 7) is 0.710. The molecule has 0 saturated heterocycles. The molecule has 0 bridgehead atoms. The number of benzene rings is 2. The largest absolute Gasteiger partial charge is 0.384 e. The maximum Gasteiger partial charge on any atom is 0.257 e. The van der Waals surface area contributed by atoms with E-state index in [9.17, 15) is 4.79 Å². The first-order valence-corrected chi connectivity index (χ1v) is 9.49. The quantitative estimate of drug-likeness (QED) is 0.412. The first-order chi connectivity index (χ1) is 14.1. The SMILES string of the molecule is Nc1cc2c(cn1)NCC2c1cc(C(=O)Nc2ccc(Cl)cc2)c2[nH]ncc2c1. The summed E-state index contributed by atoms with van der Waals surface area (Å²) >= 11 is 5.93. The first kappa shape index (κ1) is 17.5. The van der Waals surface area contributed by atoms with Crippen molar-refractivity contribution in [1.29, 1.82) is 0 Å². The van der Waals surface area contributed by atoms with Gasteiger partial charge in [-0.25, -0.2) is 4.98 Å². The molecule has 2 aromatic heterocycles.